The van der Waals surface area contributed by atoms with Crippen molar-refractivity contribution < 1.29 is 13.9 Å². The molecule has 0 aliphatic heterocycles. The van der Waals surface area contributed by atoms with Gasteiger partial charge < -0.3 is 9.30 Å². The Morgan fingerprint density at radius 1 is 1.21 bits per heavy atom. The number of nitrogens with zero attached hydrogens (tertiary/aromatic N) is 3. The smallest absolute Gasteiger partial charge is 0.411 e. The minimum Gasteiger partial charge on any atom is -0.453 e. The summed E-state index contributed by atoms with van der Waals surface area (Å²) in [7, 11) is 3.18. The van der Waals surface area contributed by atoms with Crippen molar-refractivity contribution in [3.05, 3.63) is 64.7 Å². The Labute approximate surface area is 166 Å². The minimum absolute atomic E-state index is 0.262. The molecule has 1 aliphatic rings. The molecule has 0 saturated heterocycles. The lowest BCUT2D eigenvalue weighted by Gasteiger charge is -2.16. The molecule has 0 atom stereocenters. The van der Waals surface area contributed by atoms with E-state index in [0.29, 0.717) is 22.1 Å². The number of carbonyl (C=O) groups excluding carboxylic acids is 1. The lowest BCUT2D eigenvalue weighted by Crippen LogP contribution is -2.15. The first-order valence-corrected chi connectivity index (χ1v) is 9.13. The summed E-state index contributed by atoms with van der Waals surface area (Å²) in [6.45, 7) is 0. The molecule has 6 nitrogen and oxygen atoms in total. The van der Waals surface area contributed by atoms with Crippen molar-refractivity contribution in [1.29, 1.82) is 0 Å². The molecule has 1 fully saturated rings. The van der Waals surface area contributed by atoms with Crippen LogP contribution in [-0.2, 0) is 17.2 Å². The van der Waals surface area contributed by atoms with E-state index in [0.717, 1.165) is 24.2 Å². The third-order valence-electron chi connectivity index (χ3n) is 5.09. The molecule has 0 spiro atoms. The zero-order valence-corrected chi connectivity index (χ0v) is 16.1. The number of benzene rings is 2. The third kappa shape index (κ3) is 3.11. The molecule has 1 aromatic heterocycles. The van der Waals surface area contributed by atoms with E-state index in [1.165, 1.54) is 19.2 Å². The predicted octanol–water partition coefficient (Wildman–Crippen LogP) is 4.53. The number of hydrogen-bond acceptors (Lipinski definition) is 4. The Hall–Kier alpha value is -2.93. The van der Waals surface area contributed by atoms with Gasteiger partial charge in [-0.25, -0.2) is 9.18 Å². The number of ether oxygens (including phenoxy) is 1. The van der Waals surface area contributed by atoms with Crippen molar-refractivity contribution in [2.45, 2.75) is 18.3 Å². The number of hydrogen-bond donors (Lipinski definition) is 1. The van der Waals surface area contributed by atoms with Gasteiger partial charge in [0.05, 0.1) is 17.5 Å². The Kier molecular flexibility index (Phi) is 4.55. The number of rotatable bonds is 4. The summed E-state index contributed by atoms with van der Waals surface area (Å²) in [5, 5.41) is 11.9. The Bertz CT molecular complexity index is 1040. The van der Waals surface area contributed by atoms with Gasteiger partial charge in [0, 0.05) is 18.3 Å². The molecule has 1 amide bonds. The van der Waals surface area contributed by atoms with E-state index in [1.54, 1.807) is 30.3 Å². The van der Waals surface area contributed by atoms with Gasteiger partial charge >= 0.3 is 6.09 Å². The summed E-state index contributed by atoms with van der Waals surface area (Å²) in [5.41, 5.74) is 1.94. The number of anilines is 1. The standard InChI is InChI=1S/C20H18ClFN4O2/c1-26-17(15-11-14(7-8-16(15)21)23-19(27)28-2)24-25-18(26)20(9-10-20)12-3-5-13(22)6-4-12/h3-8,11H,9-10H2,1-2H3,(H,23,27). The number of carbonyl (C=O) groups is 1. The largest absolute Gasteiger partial charge is 0.453 e. The van der Waals surface area contributed by atoms with Gasteiger partial charge in [0.1, 0.15) is 11.6 Å². The Morgan fingerprint density at radius 2 is 1.93 bits per heavy atom. The van der Waals surface area contributed by atoms with E-state index in [1.807, 2.05) is 11.6 Å². The summed E-state index contributed by atoms with van der Waals surface area (Å²) in [4.78, 5) is 11.5. The summed E-state index contributed by atoms with van der Waals surface area (Å²) in [6, 6.07) is 11.6. The first kappa shape index (κ1) is 18.4. The zero-order chi connectivity index (χ0) is 19.9. The van der Waals surface area contributed by atoms with E-state index in [4.69, 9.17) is 11.6 Å². The van der Waals surface area contributed by atoms with Crippen LogP contribution in [0.25, 0.3) is 11.4 Å². The molecule has 8 heteroatoms. The number of aromatic nitrogens is 3. The molecule has 28 heavy (non-hydrogen) atoms. The third-order valence-corrected chi connectivity index (χ3v) is 5.42. The maximum atomic E-state index is 13.3. The Balaban J connectivity index is 1.72. The summed E-state index contributed by atoms with van der Waals surface area (Å²) in [5.74, 6) is 1.12. The van der Waals surface area contributed by atoms with Crippen LogP contribution >= 0.6 is 11.6 Å². The molecular weight excluding hydrogens is 383 g/mol. The summed E-state index contributed by atoms with van der Waals surface area (Å²) < 4.78 is 19.8. The van der Waals surface area contributed by atoms with Gasteiger partial charge in [-0.2, -0.15) is 0 Å². The zero-order valence-electron chi connectivity index (χ0n) is 15.4. The van der Waals surface area contributed by atoms with Crippen LogP contribution in [0.15, 0.2) is 42.5 Å². The van der Waals surface area contributed by atoms with Crippen LogP contribution in [0.3, 0.4) is 0 Å². The number of halogens is 2. The second-order valence-corrected chi connectivity index (χ2v) is 7.21. The van der Waals surface area contributed by atoms with Crippen LogP contribution in [0.5, 0.6) is 0 Å². The van der Waals surface area contributed by atoms with Gasteiger partial charge in [-0.15, -0.1) is 10.2 Å². The molecule has 0 bridgehead atoms. The van der Waals surface area contributed by atoms with E-state index in [2.05, 4.69) is 20.3 Å². The van der Waals surface area contributed by atoms with Crippen molar-refractivity contribution in [1.82, 2.24) is 14.8 Å². The second-order valence-electron chi connectivity index (χ2n) is 6.81. The molecule has 1 aliphatic carbocycles. The molecule has 3 aromatic rings. The van der Waals surface area contributed by atoms with Crippen LogP contribution in [-0.4, -0.2) is 28.0 Å². The first-order valence-electron chi connectivity index (χ1n) is 8.75. The van der Waals surface area contributed by atoms with Gasteiger partial charge in [0.25, 0.3) is 0 Å². The topological polar surface area (TPSA) is 69.0 Å². The number of amides is 1. The summed E-state index contributed by atoms with van der Waals surface area (Å²) >= 11 is 6.38. The molecule has 144 valence electrons. The number of nitrogens with one attached hydrogen (secondary N) is 1. The number of methoxy groups -OCH3 is 1. The minimum atomic E-state index is -0.569. The van der Waals surface area contributed by atoms with Crippen molar-refractivity contribution in [3.63, 3.8) is 0 Å². The lowest BCUT2D eigenvalue weighted by molar-refractivity contribution is 0.187. The lowest BCUT2D eigenvalue weighted by atomic mass is 9.95. The average Bonchev–Trinajstić information content (AvgIpc) is 3.40. The monoisotopic (exact) mass is 400 g/mol. The van der Waals surface area contributed by atoms with E-state index >= 15 is 0 Å². The Morgan fingerprint density at radius 3 is 2.57 bits per heavy atom. The van der Waals surface area contributed by atoms with Gasteiger partial charge in [-0.05, 0) is 48.7 Å². The van der Waals surface area contributed by atoms with Crippen LogP contribution in [0, 0.1) is 5.82 Å². The fraction of sp³-hybridized carbons (Fsp3) is 0.250. The van der Waals surface area contributed by atoms with E-state index in [-0.39, 0.29) is 11.2 Å². The van der Waals surface area contributed by atoms with Crippen LogP contribution in [0.2, 0.25) is 5.02 Å². The van der Waals surface area contributed by atoms with Crippen LogP contribution < -0.4 is 5.32 Å². The van der Waals surface area contributed by atoms with E-state index in [9.17, 15) is 9.18 Å². The van der Waals surface area contributed by atoms with E-state index < -0.39 is 6.09 Å². The highest BCUT2D eigenvalue weighted by molar-refractivity contribution is 6.33. The molecular formula is C20H18ClFN4O2. The van der Waals surface area contributed by atoms with Gasteiger partial charge in [-0.3, -0.25) is 5.32 Å². The van der Waals surface area contributed by atoms with Gasteiger partial charge in [-0.1, -0.05) is 23.7 Å². The molecule has 1 N–H and O–H groups in total. The van der Waals surface area contributed by atoms with Crippen molar-refractivity contribution >= 4 is 23.4 Å². The summed E-state index contributed by atoms with van der Waals surface area (Å²) in [6.07, 6.45) is 1.27. The highest BCUT2D eigenvalue weighted by atomic mass is 35.5. The molecule has 0 unspecified atom stereocenters. The van der Waals surface area contributed by atoms with Gasteiger partial charge in [0.15, 0.2) is 5.82 Å². The average molecular weight is 401 g/mol. The second kappa shape index (κ2) is 6.91. The highest BCUT2D eigenvalue weighted by Crippen LogP contribution is 2.53. The molecule has 1 saturated carbocycles. The molecule has 2 aromatic carbocycles. The maximum Gasteiger partial charge on any atom is 0.411 e. The predicted molar refractivity (Wildman–Crippen MR) is 104 cm³/mol. The quantitative estimate of drug-likeness (QED) is 0.698. The van der Waals surface area contributed by atoms with Crippen LogP contribution in [0.1, 0.15) is 24.2 Å². The SMILES string of the molecule is COC(=O)Nc1ccc(Cl)c(-c2nnc(C3(c4ccc(F)cc4)CC3)n2C)c1. The van der Waals surface area contributed by atoms with Crippen molar-refractivity contribution in [2.24, 2.45) is 7.05 Å². The fourth-order valence-electron chi connectivity index (χ4n) is 3.46. The van der Waals surface area contributed by atoms with Gasteiger partial charge in [0.2, 0.25) is 0 Å². The van der Waals surface area contributed by atoms with Crippen molar-refractivity contribution in [3.8, 4) is 11.4 Å². The maximum absolute atomic E-state index is 13.3. The molecule has 0 radical (unpaired) electrons. The normalized spacial score (nSPS) is 14.6. The fourth-order valence-corrected chi connectivity index (χ4v) is 3.66. The van der Waals surface area contributed by atoms with Crippen LogP contribution in [0.4, 0.5) is 14.9 Å². The molecule has 1 heterocycles. The highest BCUT2D eigenvalue weighted by Gasteiger charge is 2.50. The first-order chi connectivity index (χ1) is 13.4. The molecule has 4 rings (SSSR count). The van der Waals surface area contributed by atoms with Crippen molar-refractivity contribution in [2.75, 3.05) is 12.4 Å².